The molecule has 0 spiro atoms. The lowest BCUT2D eigenvalue weighted by molar-refractivity contribution is 0.592. The highest BCUT2D eigenvalue weighted by molar-refractivity contribution is 9.10. The van der Waals surface area contributed by atoms with Gasteiger partial charge in [-0.2, -0.15) is 0 Å². The Kier molecular flexibility index (Phi) is 2.47. The Balaban J connectivity index is 3.19. The van der Waals surface area contributed by atoms with Crippen molar-refractivity contribution in [3.63, 3.8) is 0 Å². The summed E-state index contributed by atoms with van der Waals surface area (Å²) in [5, 5.41) is 0. The number of anilines is 1. The van der Waals surface area contributed by atoms with Crippen molar-refractivity contribution in [1.82, 2.24) is 0 Å². The summed E-state index contributed by atoms with van der Waals surface area (Å²) in [6.07, 6.45) is 0. The van der Waals surface area contributed by atoms with E-state index in [2.05, 4.69) is 42.8 Å². The zero-order valence-electron chi connectivity index (χ0n) is 7.69. The van der Waals surface area contributed by atoms with Crippen LogP contribution in [0.3, 0.4) is 0 Å². The van der Waals surface area contributed by atoms with Gasteiger partial charge in [0.05, 0.1) is 0 Å². The fourth-order valence-electron chi connectivity index (χ4n) is 1.22. The maximum absolute atomic E-state index is 5.88. The third-order valence-corrected chi connectivity index (χ3v) is 2.31. The predicted octanol–water partition coefficient (Wildman–Crippen LogP) is 3.33. The average molecular weight is 228 g/mol. The Morgan fingerprint density at radius 3 is 2.25 bits per heavy atom. The van der Waals surface area contributed by atoms with E-state index in [1.54, 1.807) is 0 Å². The minimum atomic E-state index is 0.130. The molecule has 0 aliphatic rings. The molecule has 0 radical (unpaired) electrons. The molecule has 0 heterocycles. The van der Waals surface area contributed by atoms with E-state index in [4.69, 9.17) is 5.73 Å². The van der Waals surface area contributed by atoms with Crippen LogP contribution in [0.4, 0.5) is 5.69 Å². The predicted molar refractivity (Wildman–Crippen MR) is 57.3 cm³/mol. The number of nitrogens with two attached hydrogens (primary N) is 1. The number of rotatable bonds is 0. The van der Waals surface area contributed by atoms with Crippen molar-refractivity contribution in [3.05, 3.63) is 28.2 Å². The molecule has 0 fully saturated rings. The highest BCUT2D eigenvalue weighted by atomic mass is 79.9. The van der Waals surface area contributed by atoms with Gasteiger partial charge in [-0.15, -0.1) is 0 Å². The molecule has 1 aromatic carbocycles. The summed E-state index contributed by atoms with van der Waals surface area (Å²) in [6.45, 7) is 6.48. The summed E-state index contributed by atoms with van der Waals surface area (Å²) in [7, 11) is 0. The first-order valence-corrected chi connectivity index (χ1v) is 4.76. The summed E-state index contributed by atoms with van der Waals surface area (Å²) in [4.78, 5) is 0. The monoisotopic (exact) mass is 227 g/mol. The number of hydrogen-bond donors (Lipinski definition) is 1. The van der Waals surface area contributed by atoms with Crippen molar-refractivity contribution in [2.24, 2.45) is 0 Å². The van der Waals surface area contributed by atoms with Crippen molar-refractivity contribution < 1.29 is 0 Å². The van der Waals surface area contributed by atoms with Crippen LogP contribution in [0.1, 0.15) is 26.3 Å². The van der Waals surface area contributed by atoms with E-state index in [0.717, 1.165) is 10.2 Å². The zero-order chi connectivity index (χ0) is 9.35. The molecule has 1 nitrogen and oxygen atoms in total. The second-order valence-corrected chi connectivity index (χ2v) is 4.90. The van der Waals surface area contributed by atoms with Gasteiger partial charge in [0.2, 0.25) is 0 Å². The number of halogens is 1. The van der Waals surface area contributed by atoms with Crippen LogP contribution in [0.5, 0.6) is 0 Å². The van der Waals surface area contributed by atoms with Gasteiger partial charge in [0.25, 0.3) is 0 Å². The van der Waals surface area contributed by atoms with E-state index in [9.17, 15) is 0 Å². The minimum absolute atomic E-state index is 0.130. The van der Waals surface area contributed by atoms with Crippen LogP contribution < -0.4 is 5.73 Å². The van der Waals surface area contributed by atoms with Gasteiger partial charge < -0.3 is 5.73 Å². The molecule has 0 aliphatic carbocycles. The molecular formula is C10H14BrN. The van der Waals surface area contributed by atoms with Crippen molar-refractivity contribution in [3.8, 4) is 0 Å². The van der Waals surface area contributed by atoms with Crippen molar-refractivity contribution >= 4 is 21.6 Å². The van der Waals surface area contributed by atoms with E-state index < -0.39 is 0 Å². The van der Waals surface area contributed by atoms with Crippen LogP contribution in [0, 0.1) is 0 Å². The molecule has 66 valence electrons. The lowest BCUT2D eigenvalue weighted by atomic mass is 9.86. The van der Waals surface area contributed by atoms with Crippen molar-refractivity contribution in [2.75, 3.05) is 5.73 Å². The molecule has 2 heteroatoms. The largest absolute Gasteiger partial charge is 0.398 e. The Morgan fingerprint density at radius 2 is 1.83 bits per heavy atom. The number of nitrogen functional groups attached to an aromatic ring is 1. The Bertz CT molecular complexity index is 286. The summed E-state index contributed by atoms with van der Waals surface area (Å²) in [5.74, 6) is 0. The summed E-state index contributed by atoms with van der Waals surface area (Å²) in [5.41, 5.74) is 8.07. The minimum Gasteiger partial charge on any atom is -0.398 e. The molecule has 0 aromatic heterocycles. The van der Waals surface area contributed by atoms with Crippen LogP contribution >= 0.6 is 15.9 Å². The van der Waals surface area contributed by atoms with E-state index >= 15 is 0 Å². The van der Waals surface area contributed by atoms with Gasteiger partial charge in [-0.1, -0.05) is 42.8 Å². The lowest BCUT2D eigenvalue weighted by Crippen LogP contribution is -2.13. The third-order valence-electron chi connectivity index (χ3n) is 1.82. The molecule has 0 amide bonds. The maximum Gasteiger partial charge on any atom is 0.0363 e. The fraction of sp³-hybridized carbons (Fsp3) is 0.400. The molecule has 2 N–H and O–H groups in total. The second kappa shape index (κ2) is 3.09. The molecule has 0 aliphatic heterocycles. The number of benzene rings is 1. The van der Waals surface area contributed by atoms with Crippen LogP contribution in [0.2, 0.25) is 0 Å². The topological polar surface area (TPSA) is 26.0 Å². The first kappa shape index (κ1) is 9.59. The fourth-order valence-corrected chi connectivity index (χ4v) is 1.60. The average Bonchev–Trinajstić information content (AvgIpc) is 1.83. The maximum atomic E-state index is 5.88. The highest BCUT2D eigenvalue weighted by Gasteiger charge is 2.16. The Morgan fingerprint density at radius 1 is 1.25 bits per heavy atom. The Labute approximate surface area is 82.1 Å². The molecule has 0 unspecified atom stereocenters. The second-order valence-electron chi connectivity index (χ2n) is 3.98. The quantitative estimate of drug-likeness (QED) is 0.677. The van der Waals surface area contributed by atoms with Gasteiger partial charge in [0, 0.05) is 10.2 Å². The standard InChI is InChI=1S/C10H14BrN/c1-10(2,3)8-5-4-7(11)6-9(8)12/h4-6H,12H2,1-3H3. The Hall–Kier alpha value is -0.500. The van der Waals surface area contributed by atoms with Gasteiger partial charge in [0.1, 0.15) is 0 Å². The normalized spacial score (nSPS) is 11.7. The first-order valence-electron chi connectivity index (χ1n) is 3.97. The van der Waals surface area contributed by atoms with Crippen LogP contribution in [0.15, 0.2) is 22.7 Å². The lowest BCUT2D eigenvalue weighted by Gasteiger charge is -2.21. The van der Waals surface area contributed by atoms with Gasteiger partial charge in [-0.3, -0.25) is 0 Å². The smallest absolute Gasteiger partial charge is 0.0363 e. The molecule has 0 saturated carbocycles. The molecule has 1 aromatic rings. The number of hydrogen-bond acceptors (Lipinski definition) is 1. The molecule has 1 rings (SSSR count). The molecular weight excluding hydrogens is 214 g/mol. The first-order chi connectivity index (χ1) is 5.41. The van der Waals surface area contributed by atoms with Crippen LogP contribution in [-0.4, -0.2) is 0 Å². The molecule has 0 bridgehead atoms. The van der Waals surface area contributed by atoms with E-state index in [1.165, 1.54) is 5.56 Å². The summed E-state index contributed by atoms with van der Waals surface area (Å²) >= 11 is 3.38. The molecule has 0 atom stereocenters. The van der Waals surface area contributed by atoms with Crippen LogP contribution in [0.25, 0.3) is 0 Å². The van der Waals surface area contributed by atoms with Gasteiger partial charge in [-0.05, 0) is 23.1 Å². The van der Waals surface area contributed by atoms with Crippen molar-refractivity contribution in [1.29, 1.82) is 0 Å². The highest BCUT2D eigenvalue weighted by Crippen LogP contribution is 2.29. The van der Waals surface area contributed by atoms with E-state index in [-0.39, 0.29) is 5.41 Å². The van der Waals surface area contributed by atoms with Gasteiger partial charge in [-0.25, -0.2) is 0 Å². The van der Waals surface area contributed by atoms with Gasteiger partial charge in [0.15, 0.2) is 0 Å². The third kappa shape index (κ3) is 2.01. The van der Waals surface area contributed by atoms with Crippen LogP contribution in [-0.2, 0) is 5.41 Å². The van der Waals surface area contributed by atoms with Crippen molar-refractivity contribution in [2.45, 2.75) is 26.2 Å². The SMILES string of the molecule is CC(C)(C)c1ccc(Br)cc1N. The molecule has 12 heavy (non-hydrogen) atoms. The van der Waals surface area contributed by atoms with Gasteiger partial charge >= 0.3 is 0 Å². The molecule has 0 saturated heterocycles. The summed E-state index contributed by atoms with van der Waals surface area (Å²) in [6, 6.07) is 6.04. The van der Waals surface area contributed by atoms with E-state index in [1.807, 2.05) is 12.1 Å². The summed E-state index contributed by atoms with van der Waals surface area (Å²) < 4.78 is 1.04. The van der Waals surface area contributed by atoms with E-state index in [0.29, 0.717) is 0 Å². The zero-order valence-corrected chi connectivity index (χ0v) is 9.27.